The lowest BCUT2D eigenvalue weighted by Crippen LogP contribution is -2.10. The second-order valence-corrected chi connectivity index (χ2v) is 3.65. The maximum atomic E-state index is 11.1. The molecule has 0 aliphatic heterocycles. The van der Waals surface area contributed by atoms with Gasteiger partial charge in [0.2, 0.25) is 0 Å². The monoisotopic (exact) mass is 226 g/mol. The van der Waals surface area contributed by atoms with E-state index in [1.807, 2.05) is 43.9 Å². The van der Waals surface area contributed by atoms with Crippen LogP contribution in [-0.4, -0.2) is 17.3 Å². The molecule has 0 saturated heterocycles. The summed E-state index contributed by atoms with van der Waals surface area (Å²) < 4.78 is 0. The van der Waals surface area contributed by atoms with Crippen molar-refractivity contribution in [3.05, 3.63) is 67.5 Å². The Labute approximate surface area is 101 Å². The van der Waals surface area contributed by atoms with Crippen LogP contribution in [0.15, 0.2) is 35.3 Å². The topological polar surface area (TPSA) is 49.7 Å². The van der Waals surface area contributed by atoms with E-state index in [1.54, 1.807) is 18.3 Å². The van der Waals surface area contributed by atoms with Gasteiger partial charge in [-0.2, -0.15) is 0 Å². The normalized spacial score (nSPS) is 18.6. The highest BCUT2D eigenvalue weighted by atomic mass is 16.4. The molecule has 1 fully saturated rings. The molecule has 2 rings (SSSR count). The van der Waals surface area contributed by atoms with E-state index < -0.39 is 12.0 Å². The fourth-order valence-electron chi connectivity index (χ4n) is 1.56. The maximum Gasteiger partial charge on any atom is 0.333 e. The van der Waals surface area contributed by atoms with Gasteiger partial charge in [0.05, 0.1) is 0 Å². The Morgan fingerprint density at radius 2 is 1.82 bits per heavy atom. The quantitative estimate of drug-likeness (QED) is 0.801. The molecular weight excluding hydrogens is 214 g/mol. The summed E-state index contributed by atoms with van der Waals surface area (Å²) in [5.74, 6) is -0.0359. The van der Waals surface area contributed by atoms with Crippen molar-refractivity contribution in [3.63, 3.8) is 0 Å². The maximum absolute atomic E-state index is 11.1. The molecule has 0 spiro atoms. The Bertz CT molecular complexity index is 394. The molecule has 0 heterocycles. The number of carbonyl (C=O) groups is 1. The van der Waals surface area contributed by atoms with Crippen molar-refractivity contribution in [1.29, 1.82) is 0 Å². The summed E-state index contributed by atoms with van der Waals surface area (Å²) in [5.41, 5.74) is 0.683. The molecule has 1 atom stereocenters. The van der Waals surface area contributed by atoms with Gasteiger partial charge in [-0.3, -0.25) is 4.99 Å². The fraction of sp³-hybridized carbons (Fsp3) is 0.0714. The Balaban J connectivity index is 2.10. The van der Waals surface area contributed by atoms with Gasteiger partial charge in [-0.15, -0.1) is 0 Å². The van der Waals surface area contributed by atoms with Gasteiger partial charge in [0.1, 0.15) is 0 Å². The summed E-state index contributed by atoms with van der Waals surface area (Å²) in [5, 5.41) is 9.14. The Hall–Kier alpha value is -1.64. The molecular formula is C14H12NO2. The number of nitrogens with zero attached hydrogens (tertiary/aromatic N) is 1. The number of rotatable bonds is 4. The Kier molecular flexibility index (Phi) is 3.91. The van der Waals surface area contributed by atoms with E-state index in [1.165, 1.54) is 0 Å². The SMILES string of the molecule is O=C(O)[C@H](N=C[C]1[CH][CH][CH][CH]1)c1ccccc1. The lowest BCUT2D eigenvalue weighted by atomic mass is 10.1. The van der Waals surface area contributed by atoms with Gasteiger partial charge in [0, 0.05) is 12.1 Å². The van der Waals surface area contributed by atoms with Crippen molar-refractivity contribution in [2.75, 3.05) is 0 Å². The first-order chi connectivity index (χ1) is 8.27. The molecule has 1 aliphatic carbocycles. The summed E-state index contributed by atoms with van der Waals surface area (Å²) in [6.45, 7) is 0. The second-order valence-electron chi connectivity index (χ2n) is 3.65. The standard InChI is InChI=1S/C14H12NO2/c16-14(17)13(12-8-2-1-3-9-12)15-10-11-6-4-5-7-11/h1-10,13H,(H,16,17)/t13-/m1/s1. The fourth-order valence-corrected chi connectivity index (χ4v) is 1.56. The summed E-state index contributed by atoms with van der Waals surface area (Å²) >= 11 is 0. The van der Waals surface area contributed by atoms with Crippen molar-refractivity contribution in [2.24, 2.45) is 4.99 Å². The van der Waals surface area contributed by atoms with Crippen molar-refractivity contribution in [3.8, 4) is 0 Å². The number of carboxylic acids is 1. The first kappa shape index (κ1) is 11.8. The van der Waals surface area contributed by atoms with Crippen LogP contribution < -0.4 is 0 Å². The van der Waals surface area contributed by atoms with E-state index in [9.17, 15) is 4.79 Å². The summed E-state index contributed by atoms with van der Waals surface area (Å²) in [4.78, 5) is 15.3. The number of hydrogen-bond donors (Lipinski definition) is 1. The highest BCUT2D eigenvalue weighted by Crippen LogP contribution is 2.23. The number of hydrogen-bond acceptors (Lipinski definition) is 2. The lowest BCUT2D eigenvalue weighted by molar-refractivity contribution is -0.138. The van der Waals surface area contributed by atoms with Crippen molar-refractivity contribution in [2.45, 2.75) is 6.04 Å². The second kappa shape index (κ2) is 5.62. The van der Waals surface area contributed by atoms with E-state index in [4.69, 9.17) is 5.11 Å². The zero-order valence-corrected chi connectivity index (χ0v) is 9.15. The molecule has 3 nitrogen and oxygen atoms in total. The number of carboxylic acid groups (broad SMARTS) is 1. The third-order valence-corrected chi connectivity index (χ3v) is 2.41. The van der Waals surface area contributed by atoms with Crippen LogP contribution >= 0.6 is 0 Å². The molecule has 3 heteroatoms. The first-order valence-electron chi connectivity index (χ1n) is 5.30. The highest BCUT2D eigenvalue weighted by molar-refractivity contribution is 5.86. The number of aliphatic imine (C=N–C) groups is 1. The Morgan fingerprint density at radius 1 is 1.18 bits per heavy atom. The van der Waals surface area contributed by atoms with Gasteiger partial charge in [-0.25, -0.2) is 4.79 Å². The largest absolute Gasteiger partial charge is 0.479 e. The van der Waals surface area contributed by atoms with Crippen molar-refractivity contribution in [1.82, 2.24) is 0 Å². The van der Waals surface area contributed by atoms with Gasteiger partial charge in [-0.1, -0.05) is 30.3 Å². The van der Waals surface area contributed by atoms with Crippen LogP contribution in [0.4, 0.5) is 0 Å². The van der Waals surface area contributed by atoms with Gasteiger partial charge < -0.3 is 5.11 Å². The van der Waals surface area contributed by atoms with E-state index in [0.717, 1.165) is 5.92 Å². The average Bonchev–Trinajstić information content (AvgIpc) is 2.83. The molecule has 17 heavy (non-hydrogen) atoms. The van der Waals surface area contributed by atoms with Crippen LogP contribution in [-0.2, 0) is 4.79 Å². The zero-order chi connectivity index (χ0) is 12.1. The molecule has 1 aromatic rings. The minimum Gasteiger partial charge on any atom is -0.479 e. The summed E-state index contributed by atoms with van der Waals surface area (Å²) in [7, 11) is 0. The van der Waals surface area contributed by atoms with Gasteiger partial charge in [0.25, 0.3) is 0 Å². The minimum atomic E-state index is -0.945. The van der Waals surface area contributed by atoms with Gasteiger partial charge >= 0.3 is 5.97 Å². The van der Waals surface area contributed by atoms with E-state index in [2.05, 4.69) is 4.99 Å². The third kappa shape index (κ3) is 3.16. The van der Waals surface area contributed by atoms with Crippen LogP contribution in [0.2, 0.25) is 0 Å². The summed E-state index contributed by atoms with van der Waals surface area (Å²) in [6, 6.07) is 8.16. The molecule has 0 amide bonds. The van der Waals surface area contributed by atoms with E-state index in [0.29, 0.717) is 5.56 Å². The molecule has 1 aliphatic rings. The highest BCUT2D eigenvalue weighted by Gasteiger charge is 2.20. The third-order valence-electron chi connectivity index (χ3n) is 2.41. The molecule has 1 saturated carbocycles. The Morgan fingerprint density at radius 3 is 2.41 bits per heavy atom. The summed E-state index contributed by atoms with van der Waals surface area (Å²) in [6.07, 6.45) is 9.13. The number of benzene rings is 1. The average molecular weight is 226 g/mol. The molecule has 1 aromatic carbocycles. The predicted molar refractivity (Wildman–Crippen MR) is 65.8 cm³/mol. The first-order valence-corrected chi connectivity index (χ1v) is 5.30. The zero-order valence-electron chi connectivity index (χ0n) is 9.15. The van der Waals surface area contributed by atoms with Crippen LogP contribution in [0, 0.1) is 31.6 Å². The van der Waals surface area contributed by atoms with Crippen LogP contribution in [0.1, 0.15) is 11.6 Å². The van der Waals surface area contributed by atoms with Gasteiger partial charge in [-0.05, 0) is 31.2 Å². The minimum absolute atomic E-state index is 0.683. The van der Waals surface area contributed by atoms with Crippen LogP contribution in [0.5, 0.6) is 0 Å². The molecule has 0 unspecified atom stereocenters. The molecule has 5 radical (unpaired) electrons. The molecule has 0 bridgehead atoms. The van der Waals surface area contributed by atoms with E-state index in [-0.39, 0.29) is 0 Å². The van der Waals surface area contributed by atoms with Crippen LogP contribution in [0.25, 0.3) is 0 Å². The molecule has 85 valence electrons. The van der Waals surface area contributed by atoms with E-state index >= 15 is 0 Å². The van der Waals surface area contributed by atoms with Crippen molar-refractivity contribution >= 4 is 12.2 Å². The van der Waals surface area contributed by atoms with Crippen molar-refractivity contribution < 1.29 is 9.90 Å². The molecule has 0 aromatic heterocycles. The van der Waals surface area contributed by atoms with Crippen LogP contribution in [0.3, 0.4) is 0 Å². The predicted octanol–water partition coefficient (Wildman–Crippen LogP) is 2.29. The van der Waals surface area contributed by atoms with Gasteiger partial charge in [0.15, 0.2) is 6.04 Å². The number of aliphatic carboxylic acids is 1. The smallest absolute Gasteiger partial charge is 0.333 e. The lowest BCUT2D eigenvalue weighted by Gasteiger charge is -2.08. The molecule has 1 N–H and O–H groups in total.